The topological polar surface area (TPSA) is 32.3 Å². The van der Waals surface area contributed by atoms with Crippen molar-refractivity contribution in [1.82, 2.24) is 10.2 Å². The molecule has 0 bridgehead atoms. The maximum atomic E-state index is 12.0. The zero-order chi connectivity index (χ0) is 10.3. The first-order chi connectivity index (χ1) is 7.29. The second-order valence-electron chi connectivity index (χ2n) is 5.56. The summed E-state index contributed by atoms with van der Waals surface area (Å²) < 4.78 is 0. The molecule has 2 heterocycles. The number of carbonyl (C=O) groups excluding carboxylic acids is 1. The van der Waals surface area contributed by atoms with Crippen molar-refractivity contribution in [1.29, 1.82) is 0 Å². The third kappa shape index (κ3) is 1.57. The molecule has 1 spiro atoms. The second kappa shape index (κ2) is 3.48. The lowest BCUT2D eigenvalue weighted by Gasteiger charge is -2.49. The highest BCUT2D eigenvalue weighted by atomic mass is 16.2. The van der Waals surface area contributed by atoms with Crippen LogP contribution in [0.3, 0.4) is 0 Å². The van der Waals surface area contributed by atoms with E-state index in [9.17, 15) is 4.79 Å². The Balaban J connectivity index is 1.54. The predicted molar refractivity (Wildman–Crippen MR) is 58.5 cm³/mol. The first kappa shape index (κ1) is 9.64. The Kier molecular flexibility index (Phi) is 2.23. The minimum atomic E-state index is 0.388. The summed E-state index contributed by atoms with van der Waals surface area (Å²) in [4.78, 5) is 14.1. The van der Waals surface area contributed by atoms with Crippen LogP contribution in [0.25, 0.3) is 0 Å². The van der Waals surface area contributed by atoms with Gasteiger partial charge in [-0.1, -0.05) is 6.42 Å². The van der Waals surface area contributed by atoms with E-state index in [1.165, 1.54) is 32.4 Å². The van der Waals surface area contributed by atoms with Crippen molar-refractivity contribution in [3.05, 3.63) is 0 Å². The number of likely N-dealkylation sites (tertiary alicyclic amines) is 1. The number of hydrogen-bond donors (Lipinski definition) is 1. The molecule has 3 fully saturated rings. The Morgan fingerprint density at radius 2 is 1.87 bits per heavy atom. The highest BCUT2D eigenvalue weighted by molar-refractivity contribution is 5.79. The number of nitrogens with zero attached hydrogens (tertiary/aromatic N) is 1. The number of carbonyl (C=O) groups is 1. The van der Waals surface area contributed by atoms with Gasteiger partial charge in [-0.25, -0.2) is 0 Å². The van der Waals surface area contributed by atoms with Crippen molar-refractivity contribution in [2.24, 2.45) is 11.3 Å². The molecule has 1 amide bonds. The van der Waals surface area contributed by atoms with Gasteiger partial charge in [0.15, 0.2) is 0 Å². The Morgan fingerprint density at radius 1 is 1.20 bits per heavy atom. The van der Waals surface area contributed by atoms with Crippen LogP contribution in [0.1, 0.15) is 32.1 Å². The number of rotatable bonds is 1. The van der Waals surface area contributed by atoms with E-state index < -0.39 is 0 Å². The summed E-state index contributed by atoms with van der Waals surface area (Å²) in [6.07, 6.45) is 5.99. The molecule has 3 aliphatic rings. The molecule has 0 aromatic rings. The highest BCUT2D eigenvalue weighted by Gasteiger charge is 2.41. The summed E-state index contributed by atoms with van der Waals surface area (Å²) in [5.74, 6) is 0.835. The van der Waals surface area contributed by atoms with E-state index in [-0.39, 0.29) is 0 Å². The van der Waals surface area contributed by atoms with Crippen molar-refractivity contribution >= 4 is 5.91 Å². The molecule has 3 heteroatoms. The first-order valence-corrected chi connectivity index (χ1v) is 6.29. The van der Waals surface area contributed by atoms with Crippen LogP contribution in [0.4, 0.5) is 0 Å². The average molecular weight is 208 g/mol. The van der Waals surface area contributed by atoms with Crippen LogP contribution in [-0.4, -0.2) is 37.0 Å². The SMILES string of the molecule is O=C(C1CCC1)N1CCC2(CC1)CNC2. The molecular formula is C12H20N2O. The van der Waals surface area contributed by atoms with Gasteiger partial charge in [-0.3, -0.25) is 4.79 Å². The Labute approximate surface area is 91.2 Å². The van der Waals surface area contributed by atoms with Crippen LogP contribution in [0, 0.1) is 11.3 Å². The summed E-state index contributed by atoms with van der Waals surface area (Å²) >= 11 is 0. The van der Waals surface area contributed by atoms with Gasteiger partial charge in [0.2, 0.25) is 5.91 Å². The first-order valence-electron chi connectivity index (χ1n) is 6.29. The zero-order valence-corrected chi connectivity index (χ0v) is 9.30. The summed E-state index contributed by atoms with van der Waals surface area (Å²) in [6, 6.07) is 0. The van der Waals surface area contributed by atoms with E-state index in [1.54, 1.807) is 0 Å². The number of piperidine rings is 1. The summed E-state index contributed by atoms with van der Waals surface area (Å²) in [6.45, 7) is 4.38. The van der Waals surface area contributed by atoms with Gasteiger partial charge in [0.1, 0.15) is 0 Å². The normalized spacial score (nSPS) is 29.7. The van der Waals surface area contributed by atoms with E-state index in [0.717, 1.165) is 25.9 Å². The van der Waals surface area contributed by atoms with E-state index in [1.807, 2.05) is 0 Å². The van der Waals surface area contributed by atoms with Gasteiger partial charge in [0.25, 0.3) is 0 Å². The van der Waals surface area contributed by atoms with E-state index in [2.05, 4.69) is 10.2 Å². The molecule has 0 atom stereocenters. The number of amides is 1. The number of hydrogen-bond acceptors (Lipinski definition) is 2. The van der Waals surface area contributed by atoms with Crippen LogP contribution in [0.2, 0.25) is 0 Å². The quantitative estimate of drug-likeness (QED) is 0.697. The minimum Gasteiger partial charge on any atom is -0.342 e. The number of nitrogens with one attached hydrogen (secondary N) is 1. The molecule has 0 radical (unpaired) electrons. The minimum absolute atomic E-state index is 0.388. The Bertz CT molecular complexity index is 259. The predicted octanol–water partition coefficient (Wildman–Crippen LogP) is 0.998. The van der Waals surface area contributed by atoms with Crippen LogP contribution < -0.4 is 5.32 Å². The molecule has 84 valence electrons. The fourth-order valence-electron chi connectivity index (χ4n) is 2.95. The van der Waals surface area contributed by atoms with Gasteiger partial charge in [0.05, 0.1) is 0 Å². The molecule has 0 unspecified atom stereocenters. The van der Waals surface area contributed by atoms with Crippen molar-refractivity contribution in [3.8, 4) is 0 Å². The van der Waals surface area contributed by atoms with Gasteiger partial charge < -0.3 is 10.2 Å². The van der Waals surface area contributed by atoms with Gasteiger partial charge in [-0.2, -0.15) is 0 Å². The summed E-state index contributed by atoms with van der Waals surface area (Å²) in [7, 11) is 0. The molecule has 1 N–H and O–H groups in total. The highest BCUT2D eigenvalue weighted by Crippen LogP contribution is 2.36. The lowest BCUT2D eigenvalue weighted by atomic mass is 9.73. The smallest absolute Gasteiger partial charge is 0.225 e. The molecule has 1 aliphatic carbocycles. The zero-order valence-electron chi connectivity index (χ0n) is 9.30. The van der Waals surface area contributed by atoms with Crippen LogP contribution in [0.15, 0.2) is 0 Å². The fourth-order valence-corrected chi connectivity index (χ4v) is 2.95. The van der Waals surface area contributed by atoms with Crippen LogP contribution >= 0.6 is 0 Å². The Hall–Kier alpha value is -0.570. The van der Waals surface area contributed by atoms with Crippen molar-refractivity contribution in [2.45, 2.75) is 32.1 Å². The molecule has 15 heavy (non-hydrogen) atoms. The van der Waals surface area contributed by atoms with E-state index in [4.69, 9.17) is 0 Å². The molecule has 2 saturated heterocycles. The standard InChI is InChI=1S/C12H20N2O/c15-11(10-2-1-3-10)14-6-4-12(5-7-14)8-13-9-12/h10,13H,1-9H2. The molecule has 3 rings (SSSR count). The molecule has 2 aliphatic heterocycles. The molecule has 1 saturated carbocycles. The van der Waals surface area contributed by atoms with Crippen molar-refractivity contribution < 1.29 is 4.79 Å². The maximum absolute atomic E-state index is 12.0. The monoisotopic (exact) mass is 208 g/mol. The lowest BCUT2D eigenvalue weighted by molar-refractivity contribution is -0.141. The average Bonchev–Trinajstić information content (AvgIpc) is 2.13. The third-order valence-corrected chi connectivity index (χ3v) is 4.59. The summed E-state index contributed by atoms with van der Waals surface area (Å²) in [5.41, 5.74) is 0.566. The van der Waals surface area contributed by atoms with E-state index in [0.29, 0.717) is 17.2 Å². The van der Waals surface area contributed by atoms with Gasteiger partial charge in [0, 0.05) is 32.1 Å². The van der Waals surface area contributed by atoms with E-state index >= 15 is 0 Å². The van der Waals surface area contributed by atoms with Gasteiger partial charge in [-0.05, 0) is 31.1 Å². The fraction of sp³-hybridized carbons (Fsp3) is 0.917. The van der Waals surface area contributed by atoms with Gasteiger partial charge in [-0.15, -0.1) is 0 Å². The van der Waals surface area contributed by atoms with Gasteiger partial charge >= 0.3 is 0 Å². The van der Waals surface area contributed by atoms with Crippen molar-refractivity contribution in [2.75, 3.05) is 26.2 Å². The van der Waals surface area contributed by atoms with Crippen LogP contribution in [0.5, 0.6) is 0 Å². The Morgan fingerprint density at radius 3 is 2.27 bits per heavy atom. The second-order valence-corrected chi connectivity index (χ2v) is 5.56. The molecular weight excluding hydrogens is 188 g/mol. The maximum Gasteiger partial charge on any atom is 0.225 e. The molecule has 0 aromatic carbocycles. The van der Waals surface area contributed by atoms with Crippen LogP contribution in [-0.2, 0) is 4.79 Å². The molecule has 0 aromatic heterocycles. The third-order valence-electron chi connectivity index (χ3n) is 4.59. The summed E-state index contributed by atoms with van der Waals surface area (Å²) in [5, 5.41) is 3.36. The molecule has 3 nitrogen and oxygen atoms in total. The van der Waals surface area contributed by atoms with Crippen molar-refractivity contribution in [3.63, 3.8) is 0 Å². The lowest BCUT2D eigenvalue weighted by Crippen LogP contribution is -2.59. The largest absolute Gasteiger partial charge is 0.342 e.